The van der Waals surface area contributed by atoms with E-state index < -0.39 is 0 Å². The number of carbonyl (C=O) groups is 1. The minimum absolute atomic E-state index is 0.204. The van der Waals surface area contributed by atoms with Crippen LogP contribution >= 0.6 is 22.9 Å². The third-order valence-corrected chi connectivity index (χ3v) is 5.39. The fourth-order valence-electron chi connectivity index (χ4n) is 2.87. The van der Waals surface area contributed by atoms with Crippen molar-refractivity contribution in [2.45, 2.75) is 13.2 Å². The summed E-state index contributed by atoms with van der Waals surface area (Å²) in [6.07, 6.45) is 5.02. The third kappa shape index (κ3) is 4.67. The molecule has 4 aromatic rings. The first-order valence-electron chi connectivity index (χ1n) is 9.02. The third-order valence-electron chi connectivity index (χ3n) is 4.36. The Morgan fingerprint density at radius 3 is 2.72 bits per heavy atom. The molecular formula is C22H18ClN3O2S. The van der Waals surface area contributed by atoms with Crippen molar-refractivity contribution in [1.82, 2.24) is 14.7 Å². The zero-order valence-electron chi connectivity index (χ0n) is 15.4. The smallest absolute Gasteiger partial charge is 0.244 e. The molecule has 29 heavy (non-hydrogen) atoms. The van der Waals surface area contributed by atoms with Crippen molar-refractivity contribution in [3.63, 3.8) is 0 Å². The number of fused-ring (bicyclic) bond motifs is 1. The van der Waals surface area contributed by atoms with Gasteiger partial charge in [0.25, 0.3) is 0 Å². The van der Waals surface area contributed by atoms with E-state index in [2.05, 4.69) is 10.3 Å². The van der Waals surface area contributed by atoms with Crippen LogP contribution in [0.3, 0.4) is 0 Å². The number of hydrogen-bond acceptors (Lipinski definition) is 4. The zero-order valence-corrected chi connectivity index (χ0v) is 17.0. The molecule has 0 unspecified atom stereocenters. The monoisotopic (exact) mass is 423 g/mol. The summed E-state index contributed by atoms with van der Waals surface area (Å²) in [6.45, 7) is 0.846. The maximum Gasteiger partial charge on any atom is 0.244 e. The van der Waals surface area contributed by atoms with E-state index >= 15 is 0 Å². The molecule has 146 valence electrons. The second-order valence-electron chi connectivity index (χ2n) is 6.27. The summed E-state index contributed by atoms with van der Waals surface area (Å²) in [7, 11) is 0. The van der Waals surface area contributed by atoms with Crippen LogP contribution in [-0.2, 0) is 17.9 Å². The lowest BCUT2D eigenvalue weighted by molar-refractivity contribution is -0.116. The van der Waals surface area contributed by atoms with Gasteiger partial charge in [0.05, 0.1) is 5.69 Å². The van der Waals surface area contributed by atoms with Gasteiger partial charge in [0.2, 0.25) is 5.91 Å². The molecule has 0 saturated carbocycles. The largest absolute Gasteiger partial charge is 0.489 e. The number of thiazole rings is 1. The Morgan fingerprint density at radius 2 is 1.90 bits per heavy atom. The number of imidazole rings is 1. The van der Waals surface area contributed by atoms with E-state index in [4.69, 9.17) is 16.3 Å². The second kappa shape index (κ2) is 8.94. The molecule has 0 radical (unpaired) electrons. The van der Waals surface area contributed by atoms with Crippen molar-refractivity contribution in [2.75, 3.05) is 0 Å². The standard InChI is InChI=1S/C22H18ClN3O2S/c23-21-19(26-12-13-29-22(26)25-21)10-11-20(27)24-14-16-6-4-5-7-17(16)15-28-18-8-2-1-3-9-18/h1-13H,14-15H2,(H,24,27)/b11-10+. The molecule has 2 heterocycles. The van der Waals surface area contributed by atoms with E-state index in [1.165, 1.54) is 17.4 Å². The number of hydrogen-bond donors (Lipinski definition) is 1. The van der Waals surface area contributed by atoms with Gasteiger partial charge in [0.1, 0.15) is 12.4 Å². The van der Waals surface area contributed by atoms with Gasteiger partial charge in [0.15, 0.2) is 10.1 Å². The number of aromatic nitrogens is 2. The number of halogens is 1. The Bertz CT molecular complexity index is 1150. The fourth-order valence-corrected chi connectivity index (χ4v) is 3.88. The fraction of sp³-hybridized carbons (Fsp3) is 0.0909. The lowest BCUT2D eigenvalue weighted by atomic mass is 10.1. The number of rotatable bonds is 7. The zero-order chi connectivity index (χ0) is 20.1. The molecule has 0 spiro atoms. The highest BCUT2D eigenvalue weighted by Crippen LogP contribution is 2.22. The van der Waals surface area contributed by atoms with Crippen molar-refractivity contribution in [1.29, 1.82) is 0 Å². The summed E-state index contributed by atoms with van der Waals surface area (Å²) in [5.41, 5.74) is 2.72. The van der Waals surface area contributed by atoms with E-state index in [0.717, 1.165) is 21.8 Å². The van der Waals surface area contributed by atoms with Crippen LogP contribution in [0.2, 0.25) is 5.15 Å². The molecule has 1 amide bonds. The molecule has 4 rings (SSSR count). The number of carbonyl (C=O) groups excluding carboxylic acids is 1. The lowest BCUT2D eigenvalue weighted by Gasteiger charge is -2.11. The first kappa shape index (κ1) is 19.2. The Balaban J connectivity index is 1.38. The summed E-state index contributed by atoms with van der Waals surface area (Å²) in [4.78, 5) is 17.3. The van der Waals surface area contributed by atoms with E-state index in [1.807, 2.05) is 70.6 Å². The maximum atomic E-state index is 12.3. The highest BCUT2D eigenvalue weighted by molar-refractivity contribution is 7.15. The van der Waals surface area contributed by atoms with Crippen LogP contribution in [0.5, 0.6) is 5.75 Å². The minimum atomic E-state index is -0.204. The van der Waals surface area contributed by atoms with Crippen LogP contribution in [0.25, 0.3) is 11.0 Å². The average Bonchev–Trinajstić information content (AvgIpc) is 3.31. The van der Waals surface area contributed by atoms with Crippen LogP contribution < -0.4 is 10.1 Å². The van der Waals surface area contributed by atoms with E-state index in [1.54, 1.807) is 6.08 Å². The highest BCUT2D eigenvalue weighted by atomic mass is 35.5. The molecule has 0 bridgehead atoms. The molecule has 0 aliphatic carbocycles. The number of nitrogens with one attached hydrogen (secondary N) is 1. The summed E-state index contributed by atoms with van der Waals surface area (Å²) in [5, 5.41) is 5.21. The molecule has 5 nitrogen and oxygen atoms in total. The van der Waals surface area contributed by atoms with Crippen molar-refractivity contribution in [3.05, 3.63) is 94.2 Å². The number of benzene rings is 2. The predicted octanol–water partition coefficient (Wildman–Crippen LogP) is 4.96. The van der Waals surface area contributed by atoms with Gasteiger partial charge in [-0.25, -0.2) is 4.98 Å². The molecule has 0 atom stereocenters. The molecule has 0 fully saturated rings. The molecule has 0 saturated heterocycles. The molecule has 0 aliphatic heterocycles. The van der Waals surface area contributed by atoms with Crippen LogP contribution in [0, 0.1) is 0 Å². The van der Waals surface area contributed by atoms with Gasteiger partial charge < -0.3 is 10.1 Å². The quantitative estimate of drug-likeness (QED) is 0.427. The van der Waals surface area contributed by atoms with E-state index in [-0.39, 0.29) is 5.91 Å². The van der Waals surface area contributed by atoms with Gasteiger partial charge in [-0.1, -0.05) is 54.1 Å². The minimum Gasteiger partial charge on any atom is -0.489 e. The number of para-hydroxylation sites is 1. The normalized spacial score (nSPS) is 11.2. The van der Waals surface area contributed by atoms with Gasteiger partial charge >= 0.3 is 0 Å². The van der Waals surface area contributed by atoms with E-state index in [0.29, 0.717) is 24.0 Å². The Kier molecular flexibility index (Phi) is 5.93. The van der Waals surface area contributed by atoms with Gasteiger partial charge in [-0.2, -0.15) is 0 Å². The molecule has 1 N–H and O–H groups in total. The van der Waals surface area contributed by atoms with Crippen molar-refractivity contribution in [2.24, 2.45) is 0 Å². The number of nitrogens with zero attached hydrogens (tertiary/aromatic N) is 2. The Labute approximate surface area is 177 Å². The summed E-state index contributed by atoms with van der Waals surface area (Å²) in [5.74, 6) is 0.608. The van der Waals surface area contributed by atoms with Crippen LogP contribution in [-0.4, -0.2) is 15.3 Å². The molecule has 7 heteroatoms. The first-order valence-corrected chi connectivity index (χ1v) is 10.3. The van der Waals surface area contributed by atoms with Crippen LogP contribution in [0.1, 0.15) is 16.8 Å². The topological polar surface area (TPSA) is 55.6 Å². The molecular weight excluding hydrogens is 406 g/mol. The van der Waals surface area contributed by atoms with Crippen molar-refractivity contribution >= 4 is 39.9 Å². The van der Waals surface area contributed by atoms with Gasteiger partial charge in [-0.3, -0.25) is 9.20 Å². The van der Waals surface area contributed by atoms with Gasteiger partial charge in [-0.05, 0) is 29.3 Å². The number of ether oxygens (including phenoxy) is 1. The average molecular weight is 424 g/mol. The summed E-state index contributed by atoms with van der Waals surface area (Å²) in [6, 6.07) is 17.5. The number of amides is 1. The maximum absolute atomic E-state index is 12.3. The molecule has 0 aliphatic rings. The predicted molar refractivity (Wildman–Crippen MR) is 116 cm³/mol. The second-order valence-corrected chi connectivity index (χ2v) is 7.50. The summed E-state index contributed by atoms with van der Waals surface area (Å²) < 4.78 is 7.69. The first-order chi connectivity index (χ1) is 14.2. The molecule has 2 aromatic heterocycles. The van der Waals surface area contributed by atoms with Gasteiger partial charge in [0, 0.05) is 24.2 Å². The lowest BCUT2D eigenvalue weighted by Crippen LogP contribution is -2.21. The van der Waals surface area contributed by atoms with Crippen LogP contribution in [0.4, 0.5) is 0 Å². The summed E-state index contributed by atoms with van der Waals surface area (Å²) >= 11 is 7.64. The highest BCUT2D eigenvalue weighted by Gasteiger charge is 2.09. The SMILES string of the molecule is O=C(/C=C/c1c(Cl)nc2sccn12)NCc1ccccc1COc1ccccc1. The Morgan fingerprint density at radius 1 is 1.14 bits per heavy atom. The molecule has 2 aromatic carbocycles. The van der Waals surface area contributed by atoms with Crippen molar-refractivity contribution < 1.29 is 9.53 Å². The van der Waals surface area contributed by atoms with E-state index in [9.17, 15) is 4.79 Å². The van der Waals surface area contributed by atoms with Gasteiger partial charge in [-0.15, -0.1) is 11.3 Å². The van der Waals surface area contributed by atoms with Crippen LogP contribution in [0.15, 0.2) is 72.3 Å². The van der Waals surface area contributed by atoms with Crippen molar-refractivity contribution in [3.8, 4) is 5.75 Å². The Hall–Kier alpha value is -3.09.